The summed E-state index contributed by atoms with van der Waals surface area (Å²) in [6.07, 6.45) is 2.26. The number of benzene rings is 1. The molecule has 0 atom stereocenters. The standard InChI is InChI=1S/C16H19N3O3/c1-16(21-9-10-22-16)7-8-17-15(20)14-18-11-13(19-14)12-5-3-2-4-6-12/h2-6,11H,7-10H2,1H3,(H,17,20)(H,18,19). The number of ether oxygens (including phenoxy) is 2. The van der Waals surface area contributed by atoms with Gasteiger partial charge >= 0.3 is 0 Å². The van der Waals surface area contributed by atoms with E-state index in [-0.39, 0.29) is 5.91 Å². The summed E-state index contributed by atoms with van der Waals surface area (Å²) in [6, 6.07) is 9.76. The molecule has 1 amide bonds. The van der Waals surface area contributed by atoms with E-state index in [2.05, 4.69) is 15.3 Å². The number of nitrogens with zero attached hydrogens (tertiary/aromatic N) is 1. The molecule has 0 unspecified atom stereocenters. The Morgan fingerprint density at radius 3 is 2.77 bits per heavy atom. The first-order valence-corrected chi connectivity index (χ1v) is 7.33. The molecule has 0 spiro atoms. The highest BCUT2D eigenvalue weighted by Gasteiger charge is 2.30. The van der Waals surface area contributed by atoms with Crippen molar-refractivity contribution >= 4 is 5.91 Å². The highest BCUT2D eigenvalue weighted by molar-refractivity contribution is 5.91. The summed E-state index contributed by atoms with van der Waals surface area (Å²) < 4.78 is 11.0. The van der Waals surface area contributed by atoms with E-state index in [0.717, 1.165) is 11.3 Å². The second kappa shape index (κ2) is 6.29. The van der Waals surface area contributed by atoms with Gasteiger partial charge in [-0.15, -0.1) is 0 Å². The van der Waals surface area contributed by atoms with Crippen molar-refractivity contribution in [2.45, 2.75) is 19.1 Å². The van der Waals surface area contributed by atoms with Crippen LogP contribution in [0.25, 0.3) is 11.3 Å². The van der Waals surface area contributed by atoms with Crippen LogP contribution in [0.1, 0.15) is 24.0 Å². The van der Waals surface area contributed by atoms with Crippen LogP contribution < -0.4 is 5.32 Å². The van der Waals surface area contributed by atoms with E-state index in [9.17, 15) is 4.79 Å². The lowest BCUT2D eigenvalue weighted by Crippen LogP contribution is -2.34. The van der Waals surface area contributed by atoms with Crippen LogP contribution in [0.15, 0.2) is 36.5 Å². The number of hydrogen-bond acceptors (Lipinski definition) is 4. The Kier molecular flexibility index (Phi) is 4.22. The summed E-state index contributed by atoms with van der Waals surface area (Å²) >= 11 is 0. The molecule has 1 fully saturated rings. The Balaban J connectivity index is 1.56. The average Bonchev–Trinajstić information content (AvgIpc) is 3.18. The number of amides is 1. The third-order valence-corrected chi connectivity index (χ3v) is 3.64. The minimum Gasteiger partial charge on any atom is -0.349 e. The topological polar surface area (TPSA) is 76.2 Å². The van der Waals surface area contributed by atoms with E-state index in [0.29, 0.717) is 32.0 Å². The average molecular weight is 301 g/mol. The third kappa shape index (κ3) is 3.35. The molecule has 2 N–H and O–H groups in total. The van der Waals surface area contributed by atoms with E-state index < -0.39 is 5.79 Å². The van der Waals surface area contributed by atoms with Crippen LogP contribution >= 0.6 is 0 Å². The molecule has 6 nitrogen and oxygen atoms in total. The van der Waals surface area contributed by atoms with E-state index >= 15 is 0 Å². The molecule has 0 aliphatic carbocycles. The second-order valence-corrected chi connectivity index (χ2v) is 5.35. The maximum atomic E-state index is 12.1. The minimum atomic E-state index is -0.592. The van der Waals surface area contributed by atoms with E-state index in [1.807, 2.05) is 37.3 Å². The minimum absolute atomic E-state index is 0.233. The molecule has 1 aliphatic rings. The number of rotatable bonds is 5. The number of carbonyl (C=O) groups excluding carboxylic acids is 1. The lowest BCUT2D eigenvalue weighted by Gasteiger charge is -2.21. The van der Waals surface area contributed by atoms with Gasteiger partial charge in [-0.05, 0) is 12.5 Å². The molecule has 2 heterocycles. The van der Waals surface area contributed by atoms with Crippen molar-refractivity contribution in [3.05, 3.63) is 42.4 Å². The Morgan fingerprint density at radius 2 is 2.05 bits per heavy atom. The molecule has 1 saturated heterocycles. The number of aromatic amines is 1. The predicted molar refractivity (Wildman–Crippen MR) is 81.3 cm³/mol. The Hall–Kier alpha value is -2.18. The Morgan fingerprint density at radius 1 is 1.32 bits per heavy atom. The monoisotopic (exact) mass is 301 g/mol. The van der Waals surface area contributed by atoms with Crippen LogP contribution in [0, 0.1) is 0 Å². The molecule has 0 radical (unpaired) electrons. The highest BCUT2D eigenvalue weighted by atomic mass is 16.7. The fourth-order valence-electron chi connectivity index (χ4n) is 2.39. The molecule has 0 bridgehead atoms. The summed E-state index contributed by atoms with van der Waals surface area (Å²) in [7, 11) is 0. The number of carbonyl (C=O) groups is 1. The first kappa shape index (κ1) is 14.7. The van der Waals surface area contributed by atoms with Crippen molar-refractivity contribution in [3.63, 3.8) is 0 Å². The van der Waals surface area contributed by atoms with Gasteiger partial charge in [-0.2, -0.15) is 0 Å². The van der Waals surface area contributed by atoms with Crippen molar-refractivity contribution in [1.29, 1.82) is 0 Å². The number of H-pyrrole nitrogens is 1. The zero-order valence-electron chi connectivity index (χ0n) is 12.5. The van der Waals surface area contributed by atoms with Crippen LogP contribution in [0.2, 0.25) is 0 Å². The largest absolute Gasteiger partial charge is 0.349 e. The van der Waals surface area contributed by atoms with Crippen LogP contribution in [-0.4, -0.2) is 41.4 Å². The quantitative estimate of drug-likeness (QED) is 0.885. The molecule has 2 aromatic rings. The summed E-state index contributed by atoms with van der Waals surface area (Å²) in [4.78, 5) is 19.2. The van der Waals surface area contributed by atoms with E-state index in [1.165, 1.54) is 0 Å². The van der Waals surface area contributed by atoms with Crippen molar-refractivity contribution < 1.29 is 14.3 Å². The van der Waals surface area contributed by atoms with Gasteiger partial charge in [-0.3, -0.25) is 4.79 Å². The molecule has 22 heavy (non-hydrogen) atoms. The van der Waals surface area contributed by atoms with Gasteiger partial charge in [-0.1, -0.05) is 30.3 Å². The number of nitrogens with one attached hydrogen (secondary N) is 2. The van der Waals surface area contributed by atoms with Gasteiger partial charge in [0, 0.05) is 13.0 Å². The molecule has 1 aromatic carbocycles. The normalized spacial score (nSPS) is 16.6. The van der Waals surface area contributed by atoms with Crippen molar-refractivity contribution in [3.8, 4) is 11.3 Å². The number of aromatic nitrogens is 2. The highest BCUT2D eigenvalue weighted by Crippen LogP contribution is 2.21. The second-order valence-electron chi connectivity index (χ2n) is 5.35. The van der Waals surface area contributed by atoms with Crippen LogP contribution in [0.5, 0.6) is 0 Å². The van der Waals surface area contributed by atoms with Gasteiger partial charge < -0.3 is 19.8 Å². The van der Waals surface area contributed by atoms with Crippen LogP contribution in [0.3, 0.4) is 0 Å². The summed E-state index contributed by atoms with van der Waals surface area (Å²) in [5, 5.41) is 2.82. The molecule has 3 rings (SSSR count). The van der Waals surface area contributed by atoms with Gasteiger partial charge in [0.2, 0.25) is 0 Å². The molecule has 116 valence electrons. The van der Waals surface area contributed by atoms with Crippen molar-refractivity contribution in [1.82, 2.24) is 15.3 Å². The number of hydrogen-bond donors (Lipinski definition) is 2. The third-order valence-electron chi connectivity index (χ3n) is 3.64. The van der Waals surface area contributed by atoms with Crippen LogP contribution in [-0.2, 0) is 9.47 Å². The fourth-order valence-corrected chi connectivity index (χ4v) is 2.39. The number of imidazole rings is 1. The molecule has 0 saturated carbocycles. The maximum Gasteiger partial charge on any atom is 0.287 e. The lowest BCUT2D eigenvalue weighted by atomic mass is 10.2. The summed E-state index contributed by atoms with van der Waals surface area (Å²) in [5.74, 6) is -0.521. The van der Waals surface area contributed by atoms with E-state index in [1.54, 1.807) is 6.20 Å². The van der Waals surface area contributed by atoms with Gasteiger partial charge in [0.05, 0.1) is 25.1 Å². The SMILES string of the molecule is CC1(CCNC(=O)c2ncc(-c3ccccc3)[nH]2)OCCO1. The van der Waals surface area contributed by atoms with Gasteiger partial charge in [0.15, 0.2) is 11.6 Å². The summed E-state index contributed by atoms with van der Waals surface area (Å²) in [5.41, 5.74) is 1.81. The molecular weight excluding hydrogens is 282 g/mol. The zero-order chi connectivity index (χ0) is 15.4. The Bertz CT molecular complexity index is 633. The molecule has 1 aromatic heterocycles. The van der Waals surface area contributed by atoms with Gasteiger partial charge in [0.25, 0.3) is 5.91 Å². The van der Waals surface area contributed by atoms with Crippen molar-refractivity contribution in [2.75, 3.05) is 19.8 Å². The van der Waals surface area contributed by atoms with Gasteiger partial charge in [-0.25, -0.2) is 4.98 Å². The van der Waals surface area contributed by atoms with Crippen LogP contribution in [0.4, 0.5) is 0 Å². The first-order chi connectivity index (χ1) is 10.7. The predicted octanol–water partition coefficient (Wildman–Crippen LogP) is 1.96. The summed E-state index contributed by atoms with van der Waals surface area (Å²) in [6.45, 7) is 3.55. The smallest absolute Gasteiger partial charge is 0.287 e. The molecular formula is C16H19N3O3. The van der Waals surface area contributed by atoms with Gasteiger partial charge in [0.1, 0.15) is 0 Å². The lowest BCUT2D eigenvalue weighted by molar-refractivity contribution is -0.145. The maximum absolute atomic E-state index is 12.1. The molecule has 6 heteroatoms. The molecule has 1 aliphatic heterocycles. The first-order valence-electron chi connectivity index (χ1n) is 7.33. The fraction of sp³-hybridized carbons (Fsp3) is 0.375. The Labute approximate surface area is 128 Å². The van der Waals surface area contributed by atoms with E-state index in [4.69, 9.17) is 9.47 Å². The zero-order valence-corrected chi connectivity index (χ0v) is 12.5. The van der Waals surface area contributed by atoms with Crippen molar-refractivity contribution in [2.24, 2.45) is 0 Å².